The van der Waals surface area contributed by atoms with Crippen molar-refractivity contribution in [3.05, 3.63) is 16.1 Å². The van der Waals surface area contributed by atoms with Crippen LogP contribution in [0.15, 0.2) is 5.38 Å². The summed E-state index contributed by atoms with van der Waals surface area (Å²) in [6.45, 7) is 1.81. The van der Waals surface area contributed by atoms with Gasteiger partial charge in [-0.05, 0) is 19.8 Å². The molecule has 98 valence electrons. The molecular weight excluding hydrogens is 252 g/mol. The molecule has 1 aliphatic rings. The highest BCUT2D eigenvalue weighted by molar-refractivity contribution is 7.09. The van der Waals surface area contributed by atoms with Crippen molar-refractivity contribution in [3.63, 3.8) is 0 Å². The van der Waals surface area contributed by atoms with Gasteiger partial charge in [-0.3, -0.25) is 4.79 Å². The lowest BCUT2D eigenvalue weighted by molar-refractivity contribution is -0.145. The van der Waals surface area contributed by atoms with Crippen molar-refractivity contribution in [2.24, 2.45) is 0 Å². The van der Waals surface area contributed by atoms with E-state index >= 15 is 0 Å². The third-order valence-corrected chi connectivity index (χ3v) is 4.09. The van der Waals surface area contributed by atoms with Crippen molar-refractivity contribution in [1.82, 2.24) is 10.3 Å². The van der Waals surface area contributed by atoms with Crippen LogP contribution in [0, 0.1) is 6.92 Å². The number of aryl methyl sites for hydroxylation is 1. The maximum absolute atomic E-state index is 12.0. The van der Waals surface area contributed by atoms with Crippen LogP contribution in [-0.2, 0) is 4.79 Å². The maximum atomic E-state index is 12.0. The molecule has 1 amide bonds. The van der Waals surface area contributed by atoms with Gasteiger partial charge in [0.2, 0.25) is 0 Å². The van der Waals surface area contributed by atoms with Crippen LogP contribution >= 0.6 is 11.3 Å². The zero-order valence-corrected chi connectivity index (χ0v) is 11.0. The molecule has 0 spiro atoms. The molecule has 1 fully saturated rings. The molecule has 5 nitrogen and oxygen atoms in total. The van der Waals surface area contributed by atoms with E-state index in [0.717, 1.165) is 24.3 Å². The number of carbonyl (C=O) groups excluding carboxylic acids is 1. The molecule has 1 saturated carbocycles. The highest BCUT2D eigenvalue weighted by Crippen LogP contribution is 2.28. The molecule has 0 radical (unpaired) electrons. The second-order valence-electron chi connectivity index (χ2n) is 4.65. The van der Waals surface area contributed by atoms with E-state index in [9.17, 15) is 14.7 Å². The van der Waals surface area contributed by atoms with Gasteiger partial charge in [0.25, 0.3) is 5.91 Å². The van der Waals surface area contributed by atoms with Crippen LogP contribution < -0.4 is 5.32 Å². The standard InChI is InChI=1S/C12H16N2O3S/c1-8-13-9(7-18-8)10(15)14-12(11(16)17)5-3-2-4-6-12/h7H,2-6H2,1H3,(H,14,15)(H,16,17). The van der Waals surface area contributed by atoms with Gasteiger partial charge < -0.3 is 10.4 Å². The van der Waals surface area contributed by atoms with E-state index in [0.29, 0.717) is 18.5 Å². The number of aromatic nitrogens is 1. The minimum Gasteiger partial charge on any atom is -0.480 e. The van der Waals surface area contributed by atoms with E-state index in [2.05, 4.69) is 10.3 Å². The fraction of sp³-hybridized carbons (Fsp3) is 0.583. The first-order valence-electron chi connectivity index (χ1n) is 6.01. The number of thiazole rings is 1. The number of carboxylic acid groups (broad SMARTS) is 1. The van der Waals surface area contributed by atoms with Gasteiger partial charge in [-0.1, -0.05) is 19.3 Å². The monoisotopic (exact) mass is 268 g/mol. The first-order valence-corrected chi connectivity index (χ1v) is 6.89. The minimum atomic E-state index is -1.10. The Labute approximate surface area is 109 Å². The van der Waals surface area contributed by atoms with Gasteiger partial charge in [-0.25, -0.2) is 9.78 Å². The van der Waals surface area contributed by atoms with E-state index in [-0.39, 0.29) is 5.91 Å². The second-order valence-corrected chi connectivity index (χ2v) is 5.72. The van der Waals surface area contributed by atoms with Crippen molar-refractivity contribution in [2.45, 2.75) is 44.6 Å². The lowest BCUT2D eigenvalue weighted by atomic mass is 9.81. The van der Waals surface area contributed by atoms with Gasteiger partial charge in [0, 0.05) is 5.38 Å². The summed E-state index contributed by atoms with van der Waals surface area (Å²) < 4.78 is 0. The molecular formula is C12H16N2O3S. The molecule has 0 atom stereocenters. The molecule has 18 heavy (non-hydrogen) atoms. The molecule has 2 rings (SSSR count). The Balaban J connectivity index is 2.14. The summed E-state index contributed by atoms with van der Waals surface area (Å²) in [5, 5.41) is 14.5. The number of nitrogens with one attached hydrogen (secondary N) is 1. The quantitative estimate of drug-likeness (QED) is 0.878. The number of carboxylic acids is 1. The lowest BCUT2D eigenvalue weighted by Gasteiger charge is -2.33. The smallest absolute Gasteiger partial charge is 0.329 e. The Morgan fingerprint density at radius 1 is 1.39 bits per heavy atom. The largest absolute Gasteiger partial charge is 0.480 e. The summed E-state index contributed by atoms with van der Waals surface area (Å²) in [5.41, 5.74) is -0.795. The number of aliphatic carboxylic acids is 1. The summed E-state index contributed by atoms with van der Waals surface area (Å²) in [6.07, 6.45) is 3.69. The van der Waals surface area contributed by atoms with Crippen LogP contribution in [0.25, 0.3) is 0 Å². The SMILES string of the molecule is Cc1nc(C(=O)NC2(C(=O)O)CCCCC2)cs1. The minimum absolute atomic E-state index is 0.309. The summed E-state index contributed by atoms with van der Waals surface area (Å²) in [6, 6.07) is 0. The normalized spacial score (nSPS) is 18.3. The van der Waals surface area contributed by atoms with Crippen LogP contribution in [0.4, 0.5) is 0 Å². The first kappa shape index (κ1) is 13.0. The van der Waals surface area contributed by atoms with Crippen LogP contribution in [0.2, 0.25) is 0 Å². The highest BCUT2D eigenvalue weighted by atomic mass is 32.1. The van der Waals surface area contributed by atoms with Gasteiger partial charge >= 0.3 is 5.97 Å². The Hall–Kier alpha value is -1.43. The number of hydrogen-bond acceptors (Lipinski definition) is 4. The molecule has 1 aromatic rings. The zero-order chi connectivity index (χ0) is 13.2. The van der Waals surface area contributed by atoms with Crippen LogP contribution in [0.1, 0.15) is 47.6 Å². The number of hydrogen-bond donors (Lipinski definition) is 2. The fourth-order valence-electron chi connectivity index (χ4n) is 2.30. The molecule has 1 aromatic heterocycles. The van der Waals surface area contributed by atoms with E-state index in [1.807, 2.05) is 6.92 Å². The van der Waals surface area contributed by atoms with Crippen LogP contribution in [0.5, 0.6) is 0 Å². The molecule has 1 heterocycles. The summed E-state index contributed by atoms with van der Waals surface area (Å²) in [4.78, 5) is 27.5. The predicted molar refractivity (Wildman–Crippen MR) is 67.8 cm³/mol. The zero-order valence-electron chi connectivity index (χ0n) is 10.2. The number of amides is 1. The molecule has 6 heteroatoms. The van der Waals surface area contributed by atoms with Crippen molar-refractivity contribution >= 4 is 23.2 Å². The molecule has 0 bridgehead atoms. The van der Waals surface area contributed by atoms with Crippen LogP contribution in [0.3, 0.4) is 0 Å². The van der Waals surface area contributed by atoms with Crippen molar-refractivity contribution in [3.8, 4) is 0 Å². The van der Waals surface area contributed by atoms with Crippen molar-refractivity contribution in [2.75, 3.05) is 0 Å². The Morgan fingerprint density at radius 2 is 2.06 bits per heavy atom. The second kappa shape index (κ2) is 5.06. The van der Waals surface area contributed by atoms with E-state index in [1.165, 1.54) is 11.3 Å². The molecule has 2 N–H and O–H groups in total. The Kier molecular flexibility index (Phi) is 3.65. The number of rotatable bonds is 3. The Bertz CT molecular complexity index is 464. The fourth-order valence-corrected chi connectivity index (χ4v) is 2.89. The van der Waals surface area contributed by atoms with Gasteiger partial charge in [-0.2, -0.15) is 0 Å². The third kappa shape index (κ3) is 2.53. The molecule has 1 aliphatic carbocycles. The summed E-state index contributed by atoms with van der Waals surface area (Å²) in [7, 11) is 0. The van der Waals surface area contributed by atoms with Crippen molar-refractivity contribution in [1.29, 1.82) is 0 Å². The lowest BCUT2D eigenvalue weighted by Crippen LogP contribution is -2.55. The summed E-state index contributed by atoms with van der Waals surface area (Å²) in [5.74, 6) is -1.33. The topological polar surface area (TPSA) is 79.3 Å². The van der Waals surface area contributed by atoms with E-state index in [1.54, 1.807) is 5.38 Å². The van der Waals surface area contributed by atoms with Gasteiger partial charge in [0.15, 0.2) is 0 Å². The predicted octanol–water partition coefficient (Wildman–Crippen LogP) is 1.97. The molecule has 0 aromatic carbocycles. The number of carbonyl (C=O) groups is 2. The molecule has 0 saturated heterocycles. The average molecular weight is 268 g/mol. The van der Waals surface area contributed by atoms with Crippen molar-refractivity contribution < 1.29 is 14.7 Å². The average Bonchev–Trinajstić information content (AvgIpc) is 2.77. The third-order valence-electron chi connectivity index (χ3n) is 3.32. The van der Waals surface area contributed by atoms with Gasteiger partial charge in [-0.15, -0.1) is 11.3 Å². The van der Waals surface area contributed by atoms with E-state index in [4.69, 9.17) is 0 Å². The molecule has 0 aliphatic heterocycles. The summed E-state index contributed by atoms with van der Waals surface area (Å²) >= 11 is 1.38. The van der Waals surface area contributed by atoms with E-state index < -0.39 is 11.5 Å². The highest BCUT2D eigenvalue weighted by Gasteiger charge is 2.41. The van der Waals surface area contributed by atoms with Gasteiger partial charge in [0.05, 0.1) is 5.01 Å². The van der Waals surface area contributed by atoms with Gasteiger partial charge in [0.1, 0.15) is 11.2 Å². The Morgan fingerprint density at radius 3 is 2.56 bits per heavy atom. The first-order chi connectivity index (χ1) is 8.53. The van der Waals surface area contributed by atoms with Crippen LogP contribution in [-0.4, -0.2) is 27.5 Å². The number of nitrogens with zero attached hydrogens (tertiary/aromatic N) is 1. The maximum Gasteiger partial charge on any atom is 0.329 e. The molecule has 0 unspecified atom stereocenters.